The quantitative estimate of drug-likeness (QED) is 0.770. The first-order valence-electron chi connectivity index (χ1n) is 8.19. The molecule has 2 N–H and O–H groups in total. The normalized spacial score (nSPS) is 20.6. The molecule has 8 nitrogen and oxygen atoms in total. The molecule has 1 aliphatic heterocycles. The lowest BCUT2D eigenvalue weighted by Gasteiger charge is -2.21. The van der Waals surface area contributed by atoms with E-state index in [0.29, 0.717) is 10.9 Å². The third-order valence-electron chi connectivity index (χ3n) is 4.49. The highest BCUT2D eigenvalue weighted by molar-refractivity contribution is 7.89. The SMILES string of the molecule is CN(C)S(=O)(=O)C[C@@H]1COC[C@@H]1NC(=O)c1cc(=O)[nH]c2ccccc12. The lowest BCUT2D eigenvalue weighted by atomic mass is 10.0. The number of hydrogen-bond acceptors (Lipinski definition) is 5. The van der Waals surface area contributed by atoms with Crippen molar-refractivity contribution in [3.63, 3.8) is 0 Å². The van der Waals surface area contributed by atoms with E-state index in [-0.39, 0.29) is 36.0 Å². The number of hydrogen-bond donors (Lipinski definition) is 2. The van der Waals surface area contributed by atoms with E-state index in [9.17, 15) is 18.0 Å². The van der Waals surface area contributed by atoms with E-state index in [2.05, 4.69) is 10.3 Å². The van der Waals surface area contributed by atoms with Gasteiger partial charge in [0.05, 0.1) is 30.6 Å². The summed E-state index contributed by atoms with van der Waals surface area (Å²) in [5, 5.41) is 3.45. The Balaban J connectivity index is 1.83. The van der Waals surface area contributed by atoms with Gasteiger partial charge >= 0.3 is 0 Å². The van der Waals surface area contributed by atoms with Crippen LogP contribution in [-0.2, 0) is 14.8 Å². The van der Waals surface area contributed by atoms with Crippen LogP contribution in [0.25, 0.3) is 10.9 Å². The molecule has 9 heteroatoms. The number of nitrogens with one attached hydrogen (secondary N) is 2. The predicted octanol–water partition coefficient (Wildman–Crippen LogP) is 0.164. The minimum atomic E-state index is -3.41. The summed E-state index contributed by atoms with van der Waals surface area (Å²) in [5.41, 5.74) is 0.452. The third-order valence-corrected chi connectivity index (χ3v) is 6.45. The fraction of sp³-hybridized carbons (Fsp3) is 0.412. The highest BCUT2D eigenvalue weighted by Gasteiger charge is 2.34. The second-order valence-corrected chi connectivity index (χ2v) is 8.76. The van der Waals surface area contributed by atoms with E-state index >= 15 is 0 Å². The van der Waals surface area contributed by atoms with Crippen LogP contribution >= 0.6 is 0 Å². The number of nitrogens with zero attached hydrogens (tertiary/aromatic N) is 1. The van der Waals surface area contributed by atoms with Crippen LogP contribution < -0.4 is 10.9 Å². The Morgan fingerprint density at radius 1 is 1.31 bits per heavy atom. The molecule has 1 amide bonds. The van der Waals surface area contributed by atoms with Gasteiger partial charge in [0.2, 0.25) is 15.6 Å². The van der Waals surface area contributed by atoms with E-state index in [1.54, 1.807) is 24.3 Å². The second kappa shape index (κ2) is 7.18. The molecule has 0 unspecified atom stereocenters. The summed E-state index contributed by atoms with van der Waals surface area (Å²) in [6.07, 6.45) is 0. The summed E-state index contributed by atoms with van der Waals surface area (Å²) in [6, 6.07) is 7.84. The summed E-state index contributed by atoms with van der Waals surface area (Å²) >= 11 is 0. The summed E-state index contributed by atoms with van der Waals surface area (Å²) in [6.45, 7) is 0.495. The Labute approximate surface area is 151 Å². The molecular weight excluding hydrogens is 358 g/mol. The van der Waals surface area contributed by atoms with Crippen molar-refractivity contribution in [2.24, 2.45) is 5.92 Å². The van der Waals surface area contributed by atoms with Gasteiger partial charge in [-0.25, -0.2) is 12.7 Å². The first kappa shape index (κ1) is 18.6. The van der Waals surface area contributed by atoms with Crippen LogP contribution in [0.5, 0.6) is 0 Å². The number of benzene rings is 1. The second-order valence-electron chi connectivity index (χ2n) is 6.53. The van der Waals surface area contributed by atoms with Crippen molar-refractivity contribution in [1.29, 1.82) is 0 Å². The predicted molar refractivity (Wildman–Crippen MR) is 97.6 cm³/mol. The molecule has 0 radical (unpaired) electrons. The van der Waals surface area contributed by atoms with E-state index in [4.69, 9.17) is 4.74 Å². The minimum Gasteiger partial charge on any atom is -0.379 e. The number of sulfonamides is 1. The number of H-pyrrole nitrogens is 1. The Morgan fingerprint density at radius 2 is 2.04 bits per heavy atom. The van der Waals surface area contributed by atoms with Crippen LogP contribution in [0, 0.1) is 5.92 Å². The highest BCUT2D eigenvalue weighted by atomic mass is 32.2. The lowest BCUT2D eigenvalue weighted by Crippen LogP contribution is -2.43. The number of para-hydroxylation sites is 1. The topological polar surface area (TPSA) is 109 Å². The molecule has 0 aliphatic carbocycles. The Bertz CT molecular complexity index is 983. The van der Waals surface area contributed by atoms with E-state index in [0.717, 1.165) is 4.31 Å². The molecule has 1 aromatic carbocycles. The van der Waals surface area contributed by atoms with Gasteiger partial charge in [0.25, 0.3) is 5.91 Å². The number of pyridine rings is 1. The average Bonchev–Trinajstić information content (AvgIpc) is 2.99. The standard InChI is InChI=1S/C17H21N3O5S/c1-20(2)26(23,24)10-11-8-25-9-15(11)19-17(22)13-7-16(21)18-14-6-4-3-5-12(13)14/h3-7,11,15H,8-10H2,1-2H3,(H,18,21)(H,19,22)/t11-,15-/m0/s1. The number of aromatic nitrogens is 1. The minimum absolute atomic E-state index is 0.110. The molecule has 2 atom stereocenters. The molecule has 2 aromatic rings. The summed E-state index contributed by atoms with van der Waals surface area (Å²) in [7, 11) is -0.463. The van der Waals surface area contributed by atoms with E-state index in [1.807, 2.05) is 0 Å². The molecule has 1 aliphatic rings. The average molecular weight is 379 g/mol. The van der Waals surface area contributed by atoms with Gasteiger partial charge in [0, 0.05) is 37.0 Å². The molecule has 1 fully saturated rings. The summed E-state index contributed by atoms with van der Waals surface area (Å²) < 4.78 is 30.8. The number of amides is 1. The van der Waals surface area contributed by atoms with Crippen molar-refractivity contribution >= 4 is 26.8 Å². The number of aromatic amines is 1. The van der Waals surface area contributed by atoms with Gasteiger partial charge in [-0.3, -0.25) is 9.59 Å². The number of carbonyl (C=O) groups is 1. The maximum absolute atomic E-state index is 12.7. The number of fused-ring (bicyclic) bond motifs is 1. The molecule has 26 heavy (non-hydrogen) atoms. The van der Waals surface area contributed by atoms with Crippen LogP contribution in [-0.4, -0.2) is 62.7 Å². The Hall–Kier alpha value is -2.23. The van der Waals surface area contributed by atoms with Gasteiger partial charge in [-0.15, -0.1) is 0 Å². The van der Waals surface area contributed by atoms with Crippen LogP contribution in [0.2, 0.25) is 0 Å². The molecular formula is C17H21N3O5S. The van der Waals surface area contributed by atoms with E-state index in [1.165, 1.54) is 20.2 Å². The van der Waals surface area contributed by atoms with Gasteiger partial charge in [-0.2, -0.15) is 0 Å². The van der Waals surface area contributed by atoms with Gasteiger partial charge in [-0.1, -0.05) is 18.2 Å². The first-order valence-corrected chi connectivity index (χ1v) is 9.80. The van der Waals surface area contributed by atoms with Crippen molar-refractivity contribution in [1.82, 2.24) is 14.6 Å². The first-order chi connectivity index (χ1) is 12.3. The van der Waals surface area contributed by atoms with Crippen molar-refractivity contribution in [2.75, 3.05) is 33.1 Å². The molecule has 3 rings (SSSR count). The van der Waals surface area contributed by atoms with Gasteiger partial charge in [0.15, 0.2) is 0 Å². The lowest BCUT2D eigenvalue weighted by molar-refractivity contribution is 0.0927. The largest absolute Gasteiger partial charge is 0.379 e. The summed E-state index contributed by atoms with van der Waals surface area (Å²) in [5.74, 6) is -0.879. The third kappa shape index (κ3) is 3.79. The number of rotatable bonds is 5. The monoisotopic (exact) mass is 379 g/mol. The maximum atomic E-state index is 12.7. The molecule has 2 heterocycles. The van der Waals surface area contributed by atoms with Crippen molar-refractivity contribution in [3.8, 4) is 0 Å². The van der Waals surface area contributed by atoms with Crippen molar-refractivity contribution in [2.45, 2.75) is 6.04 Å². The number of ether oxygens (including phenoxy) is 1. The van der Waals surface area contributed by atoms with Crippen LogP contribution in [0.4, 0.5) is 0 Å². The zero-order chi connectivity index (χ0) is 18.9. The van der Waals surface area contributed by atoms with Crippen molar-refractivity contribution < 1.29 is 17.9 Å². The number of carbonyl (C=O) groups excluding carboxylic acids is 1. The van der Waals surface area contributed by atoms with Gasteiger partial charge in [-0.05, 0) is 6.07 Å². The Kier molecular flexibility index (Phi) is 5.12. The molecule has 0 saturated carbocycles. The molecule has 140 valence electrons. The maximum Gasteiger partial charge on any atom is 0.252 e. The summed E-state index contributed by atoms with van der Waals surface area (Å²) in [4.78, 5) is 27.2. The van der Waals surface area contributed by atoms with Gasteiger partial charge in [0.1, 0.15) is 0 Å². The van der Waals surface area contributed by atoms with E-state index < -0.39 is 22.0 Å². The van der Waals surface area contributed by atoms with Gasteiger partial charge < -0.3 is 15.0 Å². The van der Waals surface area contributed by atoms with Crippen LogP contribution in [0.3, 0.4) is 0 Å². The highest BCUT2D eigenvalue weighted by Crippen LogP contribution is 2.19. The molecule has 1 aromatic heterocycles. The fourth-order valence-corrected chi connectivity index (χ4v) is 4.15. The van der Waals surface area contributed by atoms with Crippen molar-refractivity contribution in [3.05, 3.63) is 46.2 Å². The molecule has 0 spiro atoms. The van der Waals surface area contributed by atoms with Crippen LogP contribution in [0.1, 0.15) is 10.4 Å². The Morgan fingerprint density at radius 3 is 2.77 bits per heavy atom. The zero-order valence-electron chi connectivity index (χ0n) is 14.6. The fourth-order valence-electron chi connectivity index (χ4n) is 2.98. The molecule has 1 saturated heterocycles. The zero-order valence-corrected chi connectivity index (χ0v) is 15.4. The van der Waals surface area contributed by atoms with Crippen LogP contribution in [0.15, 0.2) is 35.1 Å². The molecule has 0 bridgehead atoms. The smallest absolute Gasteiger partial charge is 0.252 e.